The number of likely N-dealkylation sites (tertiary alicyclic amines) is 1. The number of amides is 3. The van der Waals surface area contributed by atoms with Crippen LogP contribution in [0.15, 0.2) is 60.0 Å². The maximum Gasteiger partial charge on any atom is 0.271 e. The predicted octanol–water partition coefficient (Wildman–Crippen LogP) is 5.30. The van der Waals surface area contributed by atoms with E-state index < -0.39 is 44.5 Å². The minimum atomic E-state index is -3.86. The number of aromatic nitrogens is 6. The lowest BCUT2D eigenvalue weighted by Crippen LogP contribution is -2.57. The Morgan fingerprint density at radius 3 is 2.38 bits per heavy atom. The number of anilines is 3. The second-order valence-corrected chi connectivity index (χ2v) is 24.9. The summed E-state index contributed by atoms with van der Waals surface area (Å²) < 4.78 is 33.3. The lowest BCUT2D eigenvalue weighted by Gasteiger charge is -2.39. The first kappa shape index (κ1) is 54.5. The molecule has 3 aromatic heterocycles. The Labute approximate surface area is 446 Å². The van der Waals surface area contributed by atoms with Crippen LogP contribution in [0.2, 0.25) is 0 Å². The molecular formula is C55H76N14O6S. The van der Waals surface area contributed by atoms with Crippen LogP contribution in [0.5, 0.6) is 5.75 Å². The van der Waals surface area contributed by atoms with Gasteiger partial charge in [-0.25, -0.2) is 28.4 Å². The third kappa shape index (κ3) is 11.7. The van der Waals surface area contributed by atoms with Gasteiger partial charge in [0.05, 0.1) is 34.6 Å². The Balaban J connectivity index is 0.829. The SMILES string of the molecule is CN[C@@H](C)C(N)[C@@H](C(=O)N1C[C@@H](NC(=O)c2cnc(N3CCN(CCOc4cc5ncnc(Nc6n[nH]c(C)c6C)c5cc4S(=O)(=O)C(C)(C)C)CC3)cn2)C[C@H]1C(=O)N[C@@H]1CCCc2ccccc21)C1CCCCC1. The molecule has 9 rings (SSSR count). The molecule has 0 spiro atoms. The number of ether oxygens (including phenoxy) is 1. The first-order valence-corrected chi connectivity index (χ1v) is 28.6. The summed E-state index contributed by atoms with van der Waals surface area (Å²) >= 11 is 0. The second-order valence-electron chi connectivity index (χ2n) is 22.2. The van der Waals surface area contributed by atoms with Crippen molar-refractivity contribution < 1.29 is 27.5 Å². The molecule has 2 aliphatic carbocycles. The normalized spacial score (nSPS) is 20.9. The van der Waals surface area contributed by atoms with E-state index >= 15 is 0 Å². The third-order valence-electron chi connectivity index (χ3n) is 16.3. The van der Waals surface area contributed by atoms with E-state index in [1.54, 1.807) is 44.0 Å². The Bertz CT molecular complexity index is 2990. The number of hydrogen-bond acceptors (Lipinski definition) is 16. The van der Waals surface area contributed by atoms with E-state index in [4.69, 9.17) is 10.5 Å². The number of aryl methyl sites for hydroxylation is 2. The van der Waals surface area contributed by atoms with Crippen LogP contribution < -0.4 is 36.6 Å². The molecule has 7 N–H and O–H groups in total. The van der Waals surface area contributed by atoms with E-state index in [1.165, 1.54) is 18.1 Å². The number of carbonyl (C=O) groups excluding carboxylic acids is 3. The zero-order valence-electron chi connectivity index (χ0n) is 45.1. The molecule has 3 fully saturated rings. The van der Waals surface area contributed by atoms with Crippen molar-refractivity contribution in [2.24, 2.45) is 17.6 Å². The number of likely N-dealkylation sites (N-methyl/N-ethyl adjacent to an activating group) is 1. The highest BCUT2D eigenvalue weighted by Crippen LogP contribution is 2.39. The lowest BCUT2D eigenvalue weighted by atomic mass is 9.74. The van der Waals surface area contributed by atoms with E-state index in [1.807, 2.05) is 40.0 Å². The Hall–Kier alpha value is -6.29. The summed E-state index contributed by atoms with van der Waals surface area (Å²) in [5, 5.41) is 20.7. The molecule has 21 heteroatoms. The van der Waals surface area contributed by atoms with Crippen molar-refractivity contribution >= 4 is 55.9 Å². The highest BCUT2D eigenvalue weighted by molar-refractivity contribution is 7.92. The molecular weight excluding hydrogens is 985 g/mol. The molecule has 0 radical (unpaired) electrons. The summed E-state index contributed by atoms with van der Waals surface area (Å²) in [5.74, 6) is 0.733. The topological polar surface area (TPSA) is 259 Å². The van der Waals surface area contributed by atoms with Gasteiger partial charge in [-0.3, -0.25) is 24.4 Å². The van der Waals surface area contributed by atoms with Gasteiger partial charge in [0.2, 0.25) is 11.8 Å². The number of fused-ring (bicyclic) bond motifs is 2. The molecule has 2 aliphatic heterocycles. The zero-order chi connectivity index (χ0) is 53.9. The molecule has 3 amide bonds. The number of carbonyl (C=O) groups is 3. The van der Waals surface area contributed by atoms with Gasteiger partial charge in [0.15, 0.2) is 15.7 Å². The fourth-order valence-corrected chi connectivity index (χ4v) is 12.7. The molecule has 5 aromatic rings. The molecule has 1 unspecified atom stereocenters. The minimum absolute atomic E-state index is 0.0630. The zero-order valence-corrected chi connectivity index (χ0v) is 45.9. The van der Waals surface area contributed by atoms with E-state index in [9.17, 15) is 22.8 Å². The van der Waals surface area contributed by atoms with Gasteiger partial charge in [-0.15, -0.1) is 0 Å². The smallest absolute Gasteiger partial charge is 0.271 e. The minimum Gasteiger partial charge on any atom is -0.491 e. The van der Waals surface area contributed by atoms with Crippen molar-refractivity contribution in [2.45, 2.75) is 139 Å². The molecule has 0 bridgehead atoms. The van der Waals surface area contributed by atoms with Crippen molar-refractivity contribution in [1.82, 2.24) is 55.9 Å². The van der Waals surface area contributed by atoms with Gasteiger partial charge >= 0.3 is 0 Å². The summed E-state index contributed by atoms with van der Waals surface area (Å²) in [5.41, 5.74) is 11.8. The van der Waals surface area contributed by atoms with Gasteiger partial charge in [0, 0.05) is 80.1 Å². The number of benzene rings is 2. The largest absolute Gasteiger partial charge is 0.491 e. The maximum absolute atomic E-state index is 15.0. The quantitative estimate of drug-likeness (QED) is 0.0691. The fraction of sp³-hybridized carbons (Fsp3) is 0.564. The predicted molar refractivity (Wildman–Crippen MR) is 292 cm³/mol. The molecule has 20 nitrogen and oxygen atoms in total. The summed E-state index contributed by atoms with van der Waals surface area (Å²) in [7, 11) is -2.00. The Morgan fingerprint density at radius 1 is 0.921 bits per heavy atom. The number of nitrogens with two attached hydrogens (primary N) is 1. The van der Waals surface area contributed by atoms with Crippen LogP contribution in [0.4, 0.5) is 17.5 Å². The molecule has 1 saturated carbocycles. The molecule has 6 atom stereocenters. The van der Waals surface area contributed by atoms with Crippen LogP contribution in [0, 0.1) is 25.7 Å². The number of sulfone groups is 1. The number of nitrogens with zero attached hydrogens (tertiary/aromatic N) is 8. The fourth-order valence-electron chi connectivity index (χ4n) is 11.4. The Kier molecular flexibility index (Phi) is 16.6. The van der Waals surface area contributed by atoms with E-state index in [0.29, 0.717) is 61.1 Å². The van der Waals surface area contributed by atoms with Gasteiger partial charge in [0.1, 0.15) is 47.0 Å². The molecule has 4 aliphatic rings. The summed E-state index contributed by atoms with van der Waals surface area (Å²) in [6.07, 6.45) is 12.5. The lowest BCUT2D eigenvalue weighted by molar-refractivity contribution is -0.144. The number of rotatable bonds is 17. The molecule has 2 aromatic carbocycles. The maximum atomic E-state index is 15.0. The third-order valence-corrected chi connectivity index (χ3v) is 18.8. The average Bonchev–Trinajstić information content (AvgIpc) is 4.00. The molecule has 5 heterocycles. The standard InChI is InChI=1S/C55H76N14O6S/c1-33-34(2)65-66-50(33)64-51-40-27-46(76(73,74)55(4,5)6)45(28-42(40)60-32-61-51)75-25-24-67-20-22-68(23-21-67)47-30-58-43(29-59-47)52(70)62-38-26-44(53(71)63-41-19-13-17-36-14-11-12-18-39(36)41)69(31-38)54(72)48(49(56)35(3)57-7)37-15-9-8-10-16-37/h11-12,14,18,27-30,32,35,37-38,41,44,48-49,57H,8-10,13,15-17,19-26,31,56H2,1-7H3,(H,62,70)(H,63,71)(H2,60,61,64,65,66)/t35-,38-,41+,44-,48-,49?/m0/s1. The van der Waals surface area contributed by atoms with E-state index in [0.717, 1.165) is 68.2 Å². The molecule has 408 valence electrons. The van der Waals surface area contributed by atoms with Crippen molar-refractivity contribution in [2.75, 3.05) is 63.1 Å². The number of aromatic amines is 1. The van der Waals surface area contributed by atoms with Crippen LogP contribution in [-0.2, 0) is 25.8 Å². The van der Waals surface area contributed by atoms with E-state index in [-0.39, 0.29) is 65.7 Å². The summed E-state index contributed by atoms with van der Waals surface area (Å²) in [6.45, 7) is 14.5. The Morgan fingerprint density at radius 2 is 1.68 bits per heavy atom. The van der Waals surface area contributed by atoms with Gasteiger partial charge < -0.3 is 41.5 Å². The van der Waals surface area contributed by atoms with Crippen molar-refractivity contribution in [3.05, 3.63) is 83.2 Å². The van der Waals surface area contributed by atoms with Gasteiger partial charge in [-0.2, -0.15) is 5.10 Å². The van der Waals surface area contributed by atoms with Gasteiger partial charge in [0.25, 0.3) is 5.91 Å². The molecule has 2 saturated heterocycles. The number of hydrogen-bond donors (Lipinski definition) is 6. The first-order chi connectivity index (χ1) is 36.4. The highest BCUT2D eigenvalue weighted by Gasteiger charge is 2.47. The van der Waals surface area contributed by atoms with Crippen molar-refractivity contribution in [3.63, 3.8) is 0 Å². The van der Waals surface area contributed by atoms with E-state index in [2.05, 4.69) is 73.3 Å². The van der Waals surface area contributed by atoms with Crippen LogP contribution >= 0.6 is 0 Å². The summed E-state index contributed by atoms with van der Waals surface area (Å²) in [4.78, 5) is 67.6. The monoisotopic (exact) mass is 1060 g/mol. The number of H-pyrrole nitrogens is 1. The van der Waals surface area contributed by atoms with Crippen LogP contribution in [0.1, 0.15) is 118 Å². The van der Waals surface area contributed by atoms with Crippen molar-refractivity contribution in [1.29, 1.82) is 0 Å². The highest BCUT2D eigenvalue weighted by atomic mass is 32.2. The van der Waals surface area contributed by atoms with Crippen molar-refractivity contribution in [3.8, 4) is 5.75 Å². The second kappa shape index (κ2) is 23.1. The van der Waals surface area contributed by atoms with Crippen LogP contribution in [0.25, 0.3) is 10.9 Å². The first-order valence-electron chi connectivity index (χ1n) is 27.1. The summed E-state index contributed by atoms with van der Waals surface area (Å²) in [6, 6.07) is 9.44. The van der Waals surface area contributed by atoms with Crippen LogP contribution in [0.3, 0.4) is 0 Å². The molecule has 76 heavy (non-hydrogen) atoms. The average molecular weight is 1060 g/mol. The van der Waals surface area contributed by atoms with Crippen LogP contribution in [-0.4, -0.2) is 148 Å². The number of nitrogens with one attached hydrogen (secondary N) is 5. The number of piperazine rings is 1. The van der Waals surface area contributed by atoms with Gasteiger partial charge in [-0.1, -0.05) is 43.5 Å². The van der Waals surface area contributed by atoms with Gasteiger partial charge in [-0.05, 0) is 110 Å².